The Balaban J connectivity index is 2.47. The fraction of sp³-hybridized carbons (Fsp3) is 0.417. The van der Waals surface area contributed by atoms with Gasteiger partial charge in [0.05, 0.1) is 12.9 Å². The van der Waals surface area contributed by atoms with Crippen LogP contribution in [0, 0.1) is 0 Å². The Kier molecular flexibility index (Phi) is 6.83. The van der Waals surface area contributed by atoms with Crippen LogP contribution in [0.2, 0.25) is 0 Å². The first-order valence-corrected chi connectivity index (χ1v) is 8.27. The highest BCUT2D eigenvalue weighted by molar-refractivity contribution is 7.89. The molecule has 2 N–H and O–H groups in total. The number of carbonyl (C=O) groups is 1. The molecule has 0 fully saturated rings. The van der Waals surface area contributed by atoms with Gasteiger partial charge in [0.15, 0.2) is 0 Å². The summed E-state index contributed by atoms with van der Waals surface area (Å²) < 4.78 is 30.4. The van der Waals surface area contributed by atoms with Crippen LogP contribution in [0.15, 0.2) is 24.3 Å². The van der Waals surface area contributed by atoms with Gasteiger partial charge < -0.3 is 10.1 Å². The zero-order chi connectivity index (χ0) is 15.0. The normalized spacial score (nSPS) is 11.1. The fourth-order valence-electron chi connectivity index (χ4n) is 1.44. The van der Waals surface area contributed by atoms with Crippen molar-refractivity contribution < 1.29 is 17.9 Å². The summed E-state index contributed by atoms with van der Waals surface area (Å²) in [5.74, 6) is 0.486. The molecule has 6 nitrogen and oxygen atoms in total. The zero-order valence-corrected chi connectivity index (χ0v) is 12.8. The molecule has 0 saturated carbocycles. The molecule has 1 rings (SSSR count). The van der Waals surface area contributed by atoms with E-state index in [2.05, 4.69) is 22.7 Å². The number of amides is 1. The summed E-state index contributed by atoms with van der Waals surface area (Å²) in [5.41, 5.74) is 0.421. The van der Waals surface area contributed by atoms with Crippen molar-refractivity contribution in [3.8, 4) is 5.75 Å². The number of benzene rings is 1. The molecule has 1 aromatic rings. The van der Waals surface area contributed by atoms with Crippen molar-refractivity contribution in [1.82, 2.24) is 10.0 Å². The van der Waals surface area contributed by atoms with E-state index >= 15 is 0 Å². The predicted octanol–water partition coefficient (Wildman–Crippen LogP) is 0.274. The molecule has 0 bridgehead atoms. The van der Waals surface area contributed by atoms with Gasteiger partial charge in [-0.2, -0.15) is 12.6 Å². The van der Waals surface area contributed by atoms with Crippen LogP contribution < -0.4 is 14.8 Å². The zero-order valence-electron chi connectivity index (χ0n) is 11.1. The number of nitrogens with one attached hydrogen (secondary N) is 2. The lowest BCUT2D eigenvalue weighted by molar-refractivity contribution is 0.0956. The van der Waals surface area contributed by atoms with E-state index < -0.39 is 10.0 Å². The van der Waals surface area contributed by atoms with Crippen LogP contribution in [0.25, 0.3) is 0 Å². The average molecular weight is 318 g/mol. The summed E-state index contributed by atoms with van der Waals surface area (Å²) in [6.45, 7) is 0.313. The topological polar surface area (TPSA) is 84.5 Å². The molecule has 20 heavy (non-hydrogen) atoms. The molecule has 0 aliphatic carbocycles. The van der Waals surface area contributed by atoms with Crippen molar-refractivity contribution in [2.24, 2.45) is 0 Å². The van der Waals surface area contributed by atoms with Crippen molar-refractivity contribution in [2.75, 3.05) is 31.7 Å². The van der Waals surface area contributed by atoms with Crippen molar-refractivity contribution in [2.45, 2.75) is 0 Å². The maximum Gasteiger partial charge on any atom is 0.251 e. The molecule has 1 amide bonds. The molecule has 0 saturated heterocycles. The number of ether oxygens (including phenoxy) is 1. The van der Waals surface area contributed by atoms with Gasteiger partial charge in [0.25, 0.3) is 5.91 Å². The number of carbonyl (C=O) groups excluding carboxylic acids is 1. The average Bonchev–Trinajstić information content (AvgIpc) is 2.45. The second-order valence-electron chi connectivity index (χ2n) is 3.92. The SMILES string of the molecule is COc1cccc(C(=O)NCCS(=O)(=O)NCCS)c1. The summed E-state index contributed by atoms with van der Waals surface area (Å²) in [5, 5.41) is 2.55. The number of sulfonamides is 1. The Morgan fingerprint density at radius 2 is 2.10 bits per heavy atom. The Morgan fingerprint density at radius 3 is 2.75 bits per heavy atom. The highest BCUT2D eigenvalue weighted by Crippen LogP contribution is 2.12. The molecule has 0 radical (unpaired) electrons. The van der Waals surface area contributed by atoms with Gasteiger partial charge in [-0.3, -0.25) is 4.79 Å². The fourth-order valence-corrected chi connectivity index (χ4v) is 2.63. The monoisotopic (exact) mass is 318 g/mol. The van der Waals surface area contributed by atoms with Gasteiger partial charge in [-0.15, -0.1) is 0 Å². The summed E-state index contributed by atoms with van der Waals surface area (Å²) in [6.07, 6.45) is 0. The van der Waals surface area contributed by atoms with Gasteiger partial charge in [0.1, 0.15) is 5.75 Å². The maximum absolute atomic E-state index is 11.8. The van der Waals surface area contributed by atoms with Gasteiger partial charge in [0.2, 0.25) is 10.0 Å². The Bertz CT molecular complexity index is 546. The van der Waals surface area contributed by atoms with Crippen molar-refractivity contribution >= 4 is 28.6 Å². The van der Waals surface area contributed by atoms with Gasteiger partial charge in [-0.1, -0.05) is 6.07 Å². The second kappa shape index (κ2) is 8.13. The standard InChI is InChI=1S/C12H18N2O4S2/c1-18-11-4-2-3-10(9-11)12(15)13-6-8-20(16,17)14-5-7-19/h2-4,9,14,19H,5-8H2,1H3,(H,13,15). The first-order valence-electron chi connectivity index (χ1n) is 5.99. The van der Waals surface area contributed by atoms with E-state index in [0.29, 0.717) is 17.1 Å². The highest BCUT2D eigenvalue weighted by Gasteiger charge is 2.11. The van der Waals surface area contributed by atoms with Crippen molar-refractivity contribution in [3.63, 3.8) is 0 Å². The molecule has 112 valence electrons. The van der Waals surface area contributed by atoms with Crippen LogP contribution in [0.1, 0.15) is 10.4 Å². The first-order chi connectivity index (χ1) is 9.48. The smallest absolute Gasteiger partial charge is 0.251 e. The minimum Gasteiger partial charge on any atom is -0.497 e. The van der Waals surface area contributed by atoms with E-state index in [9.17, 15) is 13.2 Å². The Morgan fingerprint density at radius 1 is 1.35 bits per heavy atom. The van der Waals surface area contributed by atoms with Crippen LogP contribution in [0.4, 0.5) is 0 Å². The van der Waals surface area contributed by atoms with Gasteiger partial charge >= 0.3 is 0 Å². The van der Waals surface area contributed by atoms with E-state index in [1.54, 1.807) is 24.3 Å². The van der Waals surface area contributed by atoms with Gasteiger partial charge in [0, 0.05) is 24.4 Å². The molecular formula is C12H18N2O4S2. The van der Waals surface area contributed by atoms with E-state index in [1.165, 1.54) is 7.11 Å². The first kappa shape index (κ1) is 16.8. The van der Waals surface area contributed by atoms with Gasteiger partial charge in [-0.25, -0.2) is 13.1 Å². The second-order valence-corrected chi connectivity index (χ2v) is 6.30. The van der Waals surface area contributed by atoms with Gasteiger partial charge in [-0.05, 0) is 18.2 Å². The highest BCUT2D eigenvalue weighted by atomic mass is 32.2. The lowest BCUT2D eigenvalue weighted by Gasteiger charge is -2.08. The third-order valence-corrected chi connectivity index (χ3v) is 4.03. The molecule has 0 heterocycles. The Hall–Kier alpha value is -1.25. The number of thiol groups is 1. The van der Waals surface area contributed by atoms with Crippen LogP contribution in [-0.4, -0.2) is 46.0 Å². The van der Waals surface area contributed by atoms with E-state index in [0.717, 1.165) is 0 Å². The molecular weight excluding hydrogens is 300 g/mol. The van der Waals surface area contributed by atoms with Crippen LogP contribution in [0.3, 0.4) is 0 Å². The molecule has 8 heteroatoms. The lowest BCUT2D eigenvalue weighted by atomic mass is 10.2. The maximum atomic E-state index is 11.8. The molecule has 1 aromatic carbocycles. The minimum absolute atomic E-state index is 0.0396. The number of methoxy groups -OCH3 is 1. The van der Waals surface area contributed by atoms with E-state index in [4.69, 9.17) is 4.74 Å². The molecule has 0 aliphatic heterocycles. The molecule has 0 aromatic heterocycles. The van der Waals surface area contributed by atoms with Crippen LogP contribution in [0.5, 0.6) is 5.75 Å². The lowest BCUT2D eigenvalue weighted by Crippen LogP contribution is -2.35. The number of hydrogen-bond acceptors (Lipinski definition) is 5. The Labute approximate surface area is 124 Å². The van der Waals surface area contributed by atoms with E-state index in [1.807, 2.05) is 0 Å². The molecule has 0 aliphatic rings. The molecule has 0 atom stereocenters. The minimum atomic E-state index is -3.37. The summed E-state index contributed by atoms with van der Waals surface area (Å²) in [4.78, 5) is 11.8. The number of hydrogen-bond donors (Lipinski definition) is 3. The third kappa shape index (κ3) is 5.81. The third-order valence-electron chi connectivity index (χ3n) is 2.42. The van der Waals surface area contributed by atoms with Crippen LogP contribution >= 0.6 is 12.6 Å². The van der Waals surface area contributed by atoms with Crippen molar-refractivity contribution in [1.29, 1.82) is 0 Å². The van der Waals surface area contributed by atoms with E-state index in [-0.39, 0.29) is 24.7 Å². The molecule has 0 unspecified atom stereocenters. The largest absolute Gasteiger partial charge is 0.497 e. The summed E-state index contributed by atoms with van der Waals surface area (Å²) in [6, 6.07) is 6.63. The van der Waals surface area contributed by atoms with Crippen LogP contribution in [-0.2, 0) is 10.0 Å². The number of rotatable bonds is 8. The van der Waals surface area contributed by atoms with Crippen molar-refractivity contribution in [3.05, 3.63) is 29.8 Å². The molecule has 0 spiro atoms. The predicted molar refractivity (Wildman–Crippen MR) is 81.0 cm³/mol. The summed E-state index contributed by atoms with van der Waals surface area (Å²) in [7, 11) is -1.86. The quantitative estimate of drug-likeness (QED) is 0.601. The summed E-state index contributed by atoms with van der Waals surface area (Å²) >= 11 is 3.91.